The summed E-state index contributed by atoms with van der Waals surface area (Å²) in [5.74, 6) is -1.37. The third-order valence-electron chi connectivity index (χ3n) is 3.83. The van der Waals surface area contributed by atoms with Crippen molar-refractivity contribution in [2.45, 2.75) is 18.9 Å². The number of hydrogen-bond acceptors (Lipinski definition) is 9. The van der Waals surface area contributed by atoms with Crippen LogP contribution >= 0.6 is 0 Å². The van der Waals surface area contributed by atoms with Gasteiger partial charge in [-0.15, -0.1) is 4.31 Å². The Kier molecular flexibility index (Phi) is 5.47. The quantitative estimate of drug-likeness (QED) is 0.574. The topological polar surface area (TPSA) is 163 Å². The van der Waals surface area contributed by atoms with Gasteiger partial charge in [0.15, 0.2) is 10.8 Å². The molecule has 0 spiro atoms. The molecule has 0 unspecified atom stereocenters. The van der Waals surface area contributed by atoms with E-state index in [4.69, 9.17) is 5.73 Å². The van der Waals surface area contributed by atoms with Gasteiger partial charge in [-0.3, -0.25) is 0 Å². The smallest absolute Gasteiger partial charge is 0.342 e. The number of pyridine rings is 1. The summed E-state index contributed by atoms with van der Waals surface area (Å²) >= 11 is 0. The number of primary amides is 1. The fraction of sp³-hybridized carbons (Fsp3) is 0.176. The standard InChI is InChI=1S/C17H17N7O5S/c1-10-8-11(2)22-17(21-10)24(16(18)26)30(27,28)14-12(15(25)29-3)9-20-23(14)13-6-4-5-7-19-13/h4-9H,1-3H3,(H2,18,26). The number of aromatic nitrogens is 5. The number of hydrogen-bond donors (Lipinski definition) is 1. The van der Waals surface area contributed by atoms with E-state index in [1.165, 1.54) is 12.3 Å². The molecule has 0 radical (unpaired) electrons. The molecule has 2 amide bonds. The van der Waals surface area contributed by atoms with Crippen LogP contribution in [-0.2, 0) is 14.8 Å². The second kappa shape index (κ2) is 7.87. The number of nitrogens with zero attached hydrogens (tertiary/aromatic N) is 6. The zero-order chi connectivity index (χ0) is 22.1. The highest BCUT2D eigenvalue weighted by Crippen LogP contribution is 2.26. The van der Waals surface area contributed by atoms with Gasteiger partial charge in [0.05, 0.1) is 13.3 Å². The van der Waals surface area contributed by atoms with Crippen molar-refractivity contribution >= 4 is 28.0 Å². The lowest BCUT2D eigenvalue weighted by Gasteiger charge is -2.20. The number of sulfonamides is 1. The second-order valence-electron chi connectivity index (χ2n) is 6.01. The summed E-state index contributed by atoms with van der Waals surface area (Å²) < 4.78 is 32.8. The Morgan fingerprint density at radius 3 is 2.37 bits per heavy atom. The summed E-state index contributed by atoms with van der Waals surface area (Å²) in [4.78, 5) is 36.5. The van der Waals surface area contributed by atoms with Crippen LogP contribution in [0.15, 0.2) is 41.7 Å². The summed E-state index contributed by atoms with van der Waals surface area (Å²) in [6.45, 7) is 3.20. The maximum atomic E-state index is 13.5. The van der Waals surface area contributed by atoms with Gasteiger partial charge in [-0.25, -0.2) is 29.2 Å². The number of urea groups is 1. The number of rotatable bonds is 5. The molecule has 0 saturated carbocycles. The highest BCUT2D eigenvalue weighted by Gasteiger charge is 2.39. The summed E-state index contributed by atoms with van der Waals surface area (Å²) in [5, 5.41) is 3.28. The van der Waals surface area contributed by atoms with Crippen LogP contribution in [0.4, 0.5) is 10.7 Å². The van der Waals surface area contributed by atoms with Gasteiger partial charge in [0.25, 0.3) is 10.0 Å². The molecule has 3 rings (SSSR count). The Hall–Kier alpha value is -3.87. The van der Waals surface area contributed by atoms with E-state index in [0.717, 1.165) is 18.0 Å². The van der Waals surface area contributed by atoms with Crippen molar-refractivity contribution in [3.63, 3.8) is 0 Å². The van der Waals surface area contributed by atoms with Crippen molar-refractivity contribution in [3.8, 4) is 5.82 Å². The average Bonchev–Trinajstić information content (AvgIpc) is 3.13. The predicted molar refractivity (Wildman–Crippen MR) is 103 cm³/mol. The largest absolute Gasteiger partial charge is 0.465 e. The lowest BCUT2D eigenvalue weighted by molar-refractivity contribution is 0.0596. The minimum atomic E-state index is -4.81. The second-order valence-corrected chi connectivity index (χ2v) is 7.72. The first-order chi connectivity index (χ1) is 14.2. The van der Waals surface area contributed by atoms with E-state index in [1.807, 2.05) is 0 Å². The molecule has 0 bridgehead atoms. The van der Waals surface area contributed by atoms with Gasteiger partial charge < -0.3 is 10.5 Å². The van der Waals surface area contributed by atoms with E-state index in [-0.39, 0.29) is 10.1 Å². The normalized spacial score (nSPS) is 11.2. The molecule has 0 aliphatic heterocycles. The number of nitrogens with two attached hydrogens (primary N) is 1. The Morgan fingerprint density at radius 1 is 1.17 bits per heavy atom. The zero-order valence-electron chi connectivity index (χ0n) is 16.2. The monoisotopic (exact) mass is 431 g/mol. The van der Waals surface area contributed by atoms with Crippen LogP contribution in [-0.4, -0.2) is 52.3 Å². The average molecular weight is 431 g/mol. The van der Waals surface area contributed by atoms with Crippen LogP contribution in [0.25, 0.3) is 5.82 Å². The number of amides is 2. The minimum Gasteiger partial charge on any atom is -0.465 e. The summed E-state index contributed by atoms with van der Waals surface area (Å²) in [5.41, 5.74) is 5.77. The van der Waals surface area contributed by atoms with E-state index in [9.17, 15) is 18.0 Å². The van der Waals surface area contributed by atoms with E-state index >= 15 is 0 Å². The van der Waals surface area contributed by atoms with Gasteiger partial charge in [-0.2, -0.15) is 13.5 Å². The maximum Gasteiger partial charge on any atom is 0.342 e. The molecule has 0 saturated heterocycles. The van der Waals surface area contributed by atoms with Crippen LogP contribution in [0.2, 0.25) is 0 Å². The maximum absolute atomic E-state index is 13.5. The number of methoxy groups -OCH3 is 1. The van der Waals surface area contributed by atoms with Crippen molar-refractivity contribution in [1.82, 2.24) is 24.7 Å². The first-order valence-corrected chi connectivity index (χ1v) is 9.85. The van der Waals surface area contributed by atoms with Crippen LogP contribution in [0.3, 0.4) is 0 Å². The molecule has 0 aromatic carbocycles. The summed E-state index contributed by atoms with van der Waals surface area (Å²) in [6, 6.07) is 4.89. The Bertz CT molecular complexity index is 1200. The number of carbonyl (C=O) groups excluding carboxylic acids is 2. The van der Waals surface area contributed by atoms with Crippen molar-refractivity contribution in [2.24, 2.45) is 5.73 Å². The first kappa shape index (κ1) is 20.9. The molecule has 0 atom stereocenters. The SMILES string of the molecule is COC(=O)c1cnn(-c2ccccn2)c1S(=O)(=O)N(C(N)=O)c1nc(C)cc(C)n1. The van der Waals surface area contributed by atoms with Gasteiger partial charge in [0.2, 0.25) is 5.95 Å². The first-order valence-electron chi connectivity index (χ1n) is 8.41. The van der Waals surface area contributed by atoms with E-state index in [2.05, 4.69) is 24.8 Å². The number of ether oxygens (including phenoxy) is 1. The Balaban J connectivity index is 2.31. The lowest BCUT2D eigenvalue weighted by atomic mass is 10.4. The number of anilines is 1. The third-order valence-corrected chi connectivity index (χ3v) is 5.54. The Morgan fingerprint density at radius 2 is 1.83 bits per heavy atom. The van der Waals surface area contributed by atoms with E-state index < -0.39 is 38.6 Å². The fourth-order valence-corrected chi connectivity index (χ4v) is 4.17. The zero-order valence-corrected chi connectivity index (χ0v) is 17.0. The molecule has 0 aliphatic rings. The van der Waals surface area contributed by atoms with E-state index in [0.29, 0.717) is 11.4 Å². The van der Waals surface area contributed by atoms with Crippen LogP contribution in [0.5, 0.6) is 0 Å². The molecule has 3 aromatic rings. The molecule has 0 fully saturated rings. The number of carbonyl (C=O) groups is 2. The van der Waals surface area contributed by atoms with Crippen molar-refractivity contribution in [3.05, 3.63) is 53.6 Å². The molecule has 3 aromatic heterocycles. The molecule has 0 aliphatic carbocycles. The molecule has 2 N–H and O–H groups in total. The van der Waals surface area contributed by atoms with Crippen molar-refractivity contribution in [2.75, 3.05) is 11.4 Å². The highest BCUT2D eigenvalue weighted by molar-refractivity contribution is 7.93. The molecule has 3 heterocycles. The molecule has 12 nitrogen and oxygen atoms in total. The Labute approximate surface area is 171 Å². The predicted octanol–water partition coefficient (Wildman–Crippen LogP) is 0.735. The minimum absolute atomic E-state index is 0.0805. The van der Waals surface area contributed by atoms with Crippen molar-refractivity contribution in [1.29, 1.82) is 0 Å². The van der Waals surface area contributed by atoms with Crippen molar-refractivity contribution < 1.29 is 22.7 Å². The van der Waals surface area contributed by atoms with Crippen LogP contribution < -0.4 is 10.0 Å². The summed E-state index contributed by atoms with van der Waals surface area (Å²) in [7, 11) is -3.74. The van der Waals surface area contributed by atoms with E-state index in [1.54, 1.807) is 32.0 Å². The third kappa shape index (κ3) is 3.69. The highest BCUT2D eigenvalue weighted by atomic mass is 32.2. The molecule has 13 heteroatoms. The number of esters is 1. The van der Waals surface area contributed by atoms with Gasteiger partial charge in [-0.1, -0.05) is 6.07 Å². The number of aryl methyl sites for hydroxylation is 2. The molecular weight excluding hydrogens is 414 g/mol. The van der Waals surface area contributed by atoms with Gasteiger partial charge in [0.1, 0.15) is 5.56 Å². The van der Waals surface area contributed by atoms with Gasteiger partial charge in [0, 0.05) is 17.6 Å². The van der Waals surface area contributed by atoms with Crippen LogP contribution in [0, 0.1) is 13.8 Å². The molecular formula is C17H17N7O5S. The fourth-order valence-electron chi connectivity index (χ4n) is 2.69. The van der Waals surface area contributed by atoms with Gasteiger partial charge in [-0.05, 0) is 32.0 Å². The molecule has 156 valence electrons. The van der Waals surface area contributed by atoms with Crippen LogP contribution in [0.1, 0.15) is 21.7 Å². The molecule has 30 heavy (non-hydrogen) atoms. The van der Waals surface area contributed by atoms with Gasteiger partial charge >= 0.3 is 12.0 Å². The summed E-state index contributed by atoms with van der Waals surface area (Å²) in [6.07, 6.45) is 2.40. The lowest BCUT2D eigenvalue weighted by Crippen LogP contribution is -2.43.